The van der Waals surface area contributed by atoms with Crippen molar-refractivity contribution in [3.05, 3.63) is 46.2 Å². The van der Waals surface area contributed by atoms with E-state index in [1.54, 1.807) is 6.20 Å². The molecule has 1 aromatic heterocycles. The number of halogens is 1. The Morgan fingerprint density at radius 3 is 3.11 bits per heavy atom. The molecule has 2 unspecified atom stereocenters. The molecule has 100 valence electrons. The number of hydrogen-bond donors (Lipinski definition) is 1. The summed E-state index contributed by atoms with van der Waals surface area (Å²) in [6.45, 7) is 2.80. The standard InChI is InChI=1S/C14H15BrN2OS/c1-2-17-13(11(15)7-16-17)14(18)10-8-19-12-6-4-3-5-9(10)12/h3-7,10,14,18H,2,8H2,1H3. The molecule has 2 atom stereocenters. The predicted octanol–water partition coefficient (Wildman–Crippen LogP) is 3.59. The van der Waals surface area contributed by atoms with Crippen molar-refractivity contribution in [3.63, 3.8) is 0 Å². The molecule has 0 spiro atoms. The summed E-state index contributed by atoms with van der Waals surface area (Å²) in [5, 5.41) is 15.0. The minimum Gasteiger partial charge on any atom is -0.386 e. The van der Waals surface area contributed by atoms with E-state index in [1.165, 1.54) is 10.5 Å². The first-order valence-corrected chi connectivity index (χ1v) is 8.11. The van der Waals surface area contributed by atoms with Gasteiger partial charge in [-0.3, -0.25) is 4.68 Å². The van der Waals surface area contributed by atoms with Gasteiger partial charge in [-0.2, -0.15) is 5.10 Å². The molecule has 3 rings (SSSR count). The highest BCUT2D eigenvalue weighted by atomic mass is 79.9. The van der Waals surface area contributed by atoms with Crippen molar-refractivity contribution in [1.29, 1.82) is 0 Å². The van der Waals surface area contributed by atoms with Crippen LogP contribution in [0.5, 0.6) is 0 Å². The smallest absolute Gasteiger partial charge is 0.104 e. The monoisotopic (exact) mass is 338 g/mol. The minimum absolute atomic E-state index is 0.138. The Morgan fingerprint density at radius 2 is 2.32 bits per heavy atom. The number of nitrogens with zero attached hydrogens (tertiary/aromatic N) is 2. The SMILES string of the molecule is CCn1ncc(Br)c1C(O)C1CSc2ccccc21. The maximum absolute atomic E-state index is 10.7. The van der Waals surface area contributed by atoms with E-state index in [0.29, 0.717) is 0 Å². The van der Waals surface area contributed by atoms with Crippen LogP contribution in [0.15, 0.2) is 39.8 Å². The Kier molecular flexibility index (Phi) is 3.69. The van der Waals surface area contributed by atoms with Crippen LogP contribution >= 0.6 is 27.7 Å². The second kappa shape index (κ2) is 5.31. The van der Waals surface area contributed by atoms with Gasteiger partial charge in [0.2, 0.25) is 0 Å². The average molecular weight is 339 g/mol. The fourth-order valence-electron chi connectivity index (χ4n) is 2.56. The van der Waals surface area contributed by atoms with Gasteiger partial charge in [0.25, 0.3) is 0 Å². The van der Waals surface area contributed by atoms with Crippen molar-refractivity contribution in [3.8, 4) is 0 Å². The number of aryl methyl sites for hydroxylation is 1. The van der Waals surface area contributed by atoms with E-state index in [2.05, 4.69) is 33.2 Å². The Balaban J connectivity index is 1.97. The van der Waals surface area contributed by atoms with Gasteiger partial charge in [-0.1, -0.05) is 18.2 Å². The first-order chi connectivity index (χ1) is 9.22. The summed E-state index contributed by atoms with van der Waals surface area (Å²) in [4.78, 5) is 1.28. The minimum atomic E-state index is -0.520. The summed E-state index contributed by atoms with van der Waals surface area (Å²) in [6.07, 6.45) is 1.24. The van der Waals surface area contributed by atoms with Crippen LogP contribution in [0.4, 0.5) is 0 Å². The maximum atomic E-state index is 10.7. The summed E-state index contributed by atoms with van der Waals surface area (Å²) in [5.41, 5.74) is 2.13. The van der Waals surface area contributed by atoms with Crippen LogP contribution in [0.25, 0.3) is 0 Å². The number of hydrogen-bond acceptors (Lipinski definition) is 3. The molecule has 0 bridgehead atoms. The molecule has 5 heteroatoms. The molecule has 2 heterocycles. The van der Waals surface area contributed by atoms with Crippen molar-refractivity contribution in [2.75, 3.05) is 5.75 Å². The van der Waals surface area contributed by atoms with Crippen LogP contribution in [0, 0.1) is 0 Å². The predicted molar refractivity (Wildman–Crippen MR) is 80.5 cm³/mol. The number of thioether (sulfide) groups is 1. The third-order valence-corrected chi connectivity index (χ3v) is 5.35. The number of fused-ring (bicyclic) bond motifs is 1. The van der Waals surface area contributed by atoms with Gasteiger partial charge in [-0.25, -0.2) is 0 Å². The number of aliphatic hydroxyl groups excluding tert-OH is 1. The van der Waals surface area contributed by atoms with Crippen molar-refractivity contribution in [2.24, 2.45) is 0 Å². The Morgan fingerprint density at radius 1 is 1.53 bits per heavy atom. The molecule has 1 aliphatic rings. The van der Waals surface area contributed by atoms with Crippen LogP contribution in [0.3, 0.4) is 0 Å². The van der Waals surface area contributed by atoms with E-state index in [1.807, 2.05) is 35.5 Å². The zero-order valence-corrected chi connectivity index (χ0v) is 13.0. The molecule has 1 aliphatic heterocycles. The average Bonchev–Trinajstić information content (AvgIpc) is 3.01. The van der Waals surface area contributed by atoms with E-state index in [0.717, 1.165) is 22.5 Å². The third kappa shape index (κ3) is 2.24. The maximum Gasteiger partial charge on any atom is 0.104 e. The van der Waals surface area contributed by atoms with Crippen LogP contribution < -0.4 is 0 Å². The molecule has 0 amide bonds. The Bertz CT molecular complexity index is 599. The highest BCUT2D eigenvalue weighted by molar-refractivity contribution is 9.10. The topological polar surface area (TPSA) is 38.0 Å². The second-order valence-corrected chi connectivity index (χ2v) is 6.51. The van der Waals surface area contributed by atoms with Crippen molar-refractivity contribution < 1.29 is 5.11 Å². The zero-order valence-electron chi connectivity index (χ0n) is 10.6. The van der Waals surface area contributed by atoms with Gasteiger partial charge in [0.1, 0.15) is 6.10 Å². The number of aliphatic hydroxyl groups is 1. The quantitative estimate of drug-likeness (QED) is 0.929. The molecule has 1 N–H and O–H groups in total. The number of aromatic nitrogens is 2. The van der Waals surface area contributed by atoms with Gasteiger partial charge >= 0.3 is 0 Å². The number of rotatable bonds is 3. The lowest BCUT2D eigenvalue weighted by atomic mass is 9.93. The lowest BCUT2D eigenvalue weighted by Gasteiger charge is -2.20. The first kappa shape index (κ1) is 13.2. The highest BCUT2D eigenvalue weighted by Crippen LogP contribution is 2.46. The fourth-order valence-corrected chi connectivity index (χ4v) is 4.37. The molecule has 0 saturated carbocycles. The highest BCUT2D eigenvalue weighted by Gasteiger charge is 2.32. The van der Waals surface area contributed by atoms with E-state index >= 15 is 0 Å². The second-order valence-electron chi connectivity index (χ2n) is 4.59. The summed E-state index contributed by atoms with van der Waals surface area (Å²) in [7, 11) is 0. The van der Waals surface area contributed by atoms with E-state index in [-0.39, 0.29) is 5.92 Å². The Hall–Kier alpha value is -0.780. The number of benzene rings is 1. The summed E-state index contributed by atoms with van der Waals surface area (Å²) < 4.78 is 2.75. The molecular formula is C14H15BrN2OS. The van der Waals surface area contributed by atoms with E-state index in [9.17, 15) is 5.11 Å². The van der Waals surface area contributed by atoms with Gasteiger partial charge in [-0.15, -0.1) is 11.8 Å². The van der Waals surface area contributed by atoms with Crippen LogP contribution in [-0.2, 0) is 6.54 Å². The van der Waals surface area contributed by atoms with Gasteiger partial charge in [0.15, 0.2) is 0 Å². The molecule has 0 radical (unpaired) electrons. The molecule has 19 heavy (non-hydrogen) atoms. The summed E-state index contributed by atoms with van der Waals surface area (Å²) >= 11 is 5.31. The molecular weight excluding hydrogens is 324 g/mol. The van der Waals surface area contributed by atoms with E-state index < -0.39 is 6.10 Å². The summed E-state index contributed by atoms with van der Waals surface area (Å²) in [5.74, 6) is 1.06. The zero-order chi connectivity index (χ0) is 13.4. The van der Waals surface area contributed by atoms with E-state index in [4.69, 9.17) is 0 Å². The van der Waals surface area contributed by atoms with Crippen molar-refractivity contribution >= 4 is 27.7 Å². The van der Waals surface area contributed by atoms with Gasteiger partial charge in [0.05, 0.1) is 16.4 Å². The Labute approximate surface area is 125 Å². The summed E-state index contributed by atoms with van der Waals surface area (Å²) in [6, 6.07) is 8.33. The largest absolute Gasteiger partial charge is 0.386 e. The first-order valence-electron chi connectivity index (χ1n) is 6.33. The van der Waals surface area contributed by atoms with Crippen molar-refractivity contribution in [2.45, 2.75) is 30.4 Å². The lowest BCUT2D eigenvalue weighted by Crippen LogP contribution is -2.16. The molecule has 0 fully saturated rings. The third-order valence-electron chi connectivity index (χ3n) is 3.53. The van der Waals surface area contributed by atoms with Gasteiger partial charge in [0, 0.05) is 23.1 Å². The molecule has 2 aromatic rings. The fraction of sp³-hybridized carbons (Fsp3) is 0.357. The normalized spacial score (nSPS) is 19.4. The van der Waals surface area contributed by atoms with Crippen LogP contribution in [0.2, 0.25) is 0 Å². The molecule has 1 aromatic carbocycles. The van der Waals surface area contributed by atoms with Gasteiger partial charge < -0.3 is 5.11 Å². The molecule has 0 aliphatic carbocycles. The van der Waals surface area contributed by atoms with Gasteiger partial charge in [-0.05, 0) is 34.5 Å². The lowest BCUT2D eigenvalue weighted by molar-refractivity contribution is 0.142. The van der Waals surface area contributed by atoms with Crippen LogP contribution in [0.1, 0.15) is 30.2 Å². The molecule has 3 nitrogen and oxygen atoms in total. The van der Waals surface area contributed by atoms with Crippen molar-refractivity contribution in [1.82, 2.24) is 9.78 Å². The van der Waals surface area contributed by atoms with Crippen LogP contribution in [-0.4, -0.2) is 20.6 Å². The molecule has 0 saturated heterocycles.